The van der Waals surface area contributed by atoms with Gasteiger partial charge in [-0.25, -0.2) is 14.8 Å². The van der Waals surface area contributed by atoms with E-state index in [2.05, 4.69) is 25.3 Å². The van der Waals surface area contributed by atoms with Crippen molar-refractivity contribution in [3.63, 3.8) is 0 Å². The largest absolute Gasteiger partial charge is 0.494 e. The lowest BCUT2D eigenvalue weighted by molar-refractivity contribution is 0.0600. The smallest absolute Gasteiger partial charge is 0.337 e. The minimum absolute atomic E-state index is 0.178. The summed E-state index contributed by atoms with van der Waals surface area (Å²) in [6.45, 7) is 2.52. The van der Waals surface area contributed by atoms with Gasteiger partial charge in [0.2, 0.25) is 0 Å². The Kier molecular flexibility index (Phi) is 6.36. The van der Waals surface area contributed by atoms with E-state index in [9.17, 15) is 9.59 Å². The second-order valence-corrected chi connectivity index (χ2v) is 5.90. The first-order chi connectivity index (χ1) is 14.1. The monoisotopic (exact) mass is 392 g/mol. The molecule has 0 bridgehead atoms. The molecule has 0 radical (unpaired) electrons. The molecule has 1 heterocycles. The number of anilines is 3. The Morgan fingerprint density at radius 2 is 1.79 bits per heavy atom. The van der Waals surface area contributed by atoms with E-state index in [4.69, 9.17) is 4.74 Å². The number of hydrogen-bond acceptors (Lipinski definition) is 7. The summed E-state index contributed by atoms with van der Waals surface area (Å²) < 4.78 is 10.1. The van der Waals surface area contributed by atoms with Gasteiger partial charge in [-0.2, -0.15) is 0 Å². The summed E-state index contributed by atoms with van der Waals surface area (Å²) in [5, 5.41) is 5.83. The molecule has 3 aromatic rings. The third kappa shape index (κ3) is 5.29. The van der Waals surface area contributed by atoms with Gasteiger partial charge in [0.15, 0.2) is 0 Å². The minimum Gasteiger partial charge on any atom is -0.494 e. The lowest BCUT2D eigenvalue weighted by atomic mass is 10.2. The quantitative estimate of drug-likeness (QED) is 0.592. The molecule has 2 N–H and O–H groups in total. The Morgan fingerprint density at radius 3 is 2.52 bits per heavy atom. The van der Waals surface area contributed by atoms with Crippen LogP contribution in [0.25, 0.3) is 0 Å². The van der Waals surface area contributed by atoms with Crippen molar-refractivity contribution in [1.29, 1.82) is 0 Å². The van der Waals surface area contributed by atoms with Crippen molar-refractivity contribution >= 4 is 29.1 Å². The van der Waals surface area contributed by atoms with Gasteiger partial charge in [0, 0.05) is 17.4 Å². The van der Waals surface area contributed by atoms with E-state index in [1.54, 1.807) is 18.2 Å². The van der Waals surface area contributed by atoms with Gasteiger partial charge in [0.1, 0.15) is 23.6 Å². The summed E-state index contributed by atoms with van der Waals surface area (Å²) in [5.41, 5.74) is 1.77. The van der Waals surface area contributed by atoms with Gasteiger partial charge in [0.05, 0.1) is 19.3 Å². The van der Waals surface area contributed by atoms with E-state index in [1.165, 1.54) is 25.6 Å². The van der Waals surface area contributed by atoms with Gasteiger partial charge in [-0.15, -0.1) is 0 Å². The molecule has 1 amide bonds. The number of methoxy groups -OCH3 is 1. The molecule has 8 heteroatoms. The highest BCUT2D eigenvalue weighted by molar-refractivity contribution is 6.04. The van der Waals surface area contributed by atoms with Crippen LogP contribution in [0, 0.1) is 0 Å². The van der Waals surface area contributed by atoms with E-state index in [1.807, 2.05) is 31.2 Å². The highest BCUT2D eigenvalue weighted by Gasteiger charge is 2.11. The van der Waals surface area contributed by atoms with Crippen LogP contribution in [0.5, 0.6) is 5.75 Å². The molecular weight excluding hydrogens is 372 g/mol. The second-order valence-electron chi connectivity index (χ2n) is 5.90. The average Bonchev–Trinajstić information content (AvgIpc) is 2.75. The number of nitrogens with zero attached hydrogens (tertiary/aromatic N) is 2. The van der Waals surface area contributed by atoms with Crippen LogP contribution in [0.1, 0.15) is 27.8 Å². The van der Waals surface area contributed by atoms with E-state index in [0.29, 0.717) is 23.7 Å². The Hall–Kier alpha value is -3.94. The number of hydrogen-bond donors (Lipinski definition) is 2. The average molecular weight is 392 g/mol. The molecule has 0 atom stereocenters. The molecular formula is C21H20N4O4. The lowest BCUT2D eigenvalue weighted by Crippen LogP contribution is -2.15. The van der Waals surface area contributed by atoms with Gasteiger partial charge in [-0.3, -0.25) is 4.79 Å². The van der Waals surface area contributed by atoms with Crippen LogP contribution in [-0.4, -0.2) is 35.6 Å². The third-order valence-corrected chi connectivity index (χ3v) is 3.88. The summed E-state index contributed by atoms with van der Waals surface area (Å²) in [6, 6.07) is 15.4. The predicted molar refractivity (Wildman–Crippen MR) is 109 cm³/mol. The molecule has 29 heavy (non-hydrogen) atoms. The molecule has 0 aliphatic carbocycles. The normalized spacial score (nSPS) is 10.1. The summed E-state index contributed by atoms with van der Waals surface area (Å²) in [4.78, 5) is 32.3. The first-order valence-corrected chi connectivity index (χ1v) is 8.90. The van der Waals surface area contributed by atoms with Crippen molar-refractivity contribution in [1.82, 2.24) is 9.97 Å². The molecule has 1 aromatic heterocycles. The van der Waals surface area contributed by atoms with E-state index in [-0.39, 0.29) is 5.69 Å². The Balaban J connectivity index is 1.70. The topological polar surface area (TPSA) is 102 Å². The van der Waals surface area contributed by atoms with Crippen LogP contribution in [0.4, 0.5) is 17.2 Å². The number of ether oxygens (including phenoxy) is 2. The van der Waals surface area contributed by atoms with Crippen molar-refractivity contribution in [3.8, 4) is 5.75 Å². The highest BCUT2D eigenvalue weighted by Crippen LogP contribution is 2.19. The van der Waals surface area contributed by atoms with Crippen molar-refractivity contribution in [2.45, 2.75) is 6.92 Å². The van der Waals surface area contributed by atoms with Crippen molar-refractivity contribution in [3.05, 3.63) is 72.2 Å². The molecule has 148 valence electrons. The van der Waals surface area contributed by atoms with Gasteiger partial charge >= 0.3 is 5.97 Å². The molecule has 0 saturated carbocycles. The standard InChI is InChI=1S/C21H20N4O4/c1-3-29-17-9-7-15(8-10-17)24-19-12-18(22-13-23-19)20(26)25-16-6-4-5-14(11-16)21(27)28-2/h4-13H,3H2,1-2H3,(H,25,26)(H,22,23,24). The number of amides is 1. The highest BCUT2D eigenvalue weighted by atomic mass is 16.5. The fourth-order valence-electron chi connectivity index (χ4n) is 2.54. The first-order valence-electron chi connectivity index (χ1n) is 8.90. The van der Waals surface area contributed by atoms with Crippen LogP contribution in [0.3, 0.4) is 0 Å². The fraction of sp³-hybridized carbons (Fsp3) is 0.143. The van der Waals surface area contributed by atoms with Crippen molar-refractivity contribution in [2.24, 2.45) is 0 Å². The Morgan fingerprint density at radius 1 is 1.00 bits per heavy atom. The second kappa shape index (κ2) is 9.32. The van der Waals surface area contributed by atoms with Gasteiger partial charge in [0.25, 0.3) is 5.91 Å². The van der Waals surface area contributed by atoms with Crippen LogP contribution in [0.15, 0.2) is 60.9 Å². The predicted octanol–water partition coefficient (Wildman–Crippen LogP) is 3.66. The van der Waals surface area contributed by atoms with Crippen LogP contribution >= 0.6 is 0 Å². The van der Waals surface area contributed by atoms with E-state index in [0.717, 1.165) is 11.4 Å². The van der Waals surface area contributed by atoms with Crippen LogP contribution < -0.4 is 15.4 Å². The Bertz CT molecular complexity index is 1010. The fourth-order valence-corrected chi connectivity index (χ4v) is 2.54. The lowest BCUT2D eigenvalue weighted by Gasteiger charge is -2.09. The van der Waals surface area contributed by atoms with Gasteiger partial charge in [-0.1, -0.05) is 6.07 Å². The summed E-state index contributed by atoms with van der Waals surface area (Å²) in [7, 11) is 1.30. The number of carbonyl (C=O) groups is 2. The zero-order valence-electron chi connectivity index (χ0n) is 16.0. The zero-order valence-corrected chi connectivity index (χ0v) is 16.0. The number of aromatic nitrogens is 2. The summed E-state index contributed by atoms with van der Waals surface area (Å²) in [5.74, 6) is 0.335. The van der Waals surface area contributed by atoms with Crippen molar-refractivity contribution < 1.29 is 19.1 Å². The van der Waals surface area contributed by atoms with Crippen molar-refractivity contribution in [2.75, 3.05) is 24.4 Å². The molecule has 0 aliphatic heterocycles. The number of nitrogens with one attached hydrogen (secondary N) is 2. The molecule has 3 rings (SSSR count). The Labute approximate surface area is 167 Å². The molecule has 8 nitrogen and oxygen atoms in total. The SMILES string of the molecule is CCOc1ccc(Nc2cc(C(=O)Nc3cccc(C(=O)OC)c3)ncn2)cc1. The molecule has 0 fully saturated rings. The van der Waals surface area contributed by atoms with Crippen LogP contribution in [0.2, 0.25) is 0 Å². The number of benzene rings is 2. The minimum atomic E-state index is -0.482. The third-order valence-electron chi connectivity index (χ3n) is 3.88. The zero-order chi connectivity index (χ0) is 20.6. The maximum absolute atomic E-state index is 12.5. The maximum Gasteiger partial charge on any atom is 0.337 e. The maximum atomic E-state index is 12.5. The van der Waals surface area contributed by atoms with E-state index < -0.39 is 11.9 Å². The molecule has 2 aromatic carbocycles. The number of carbonyl (C=O) groups excluding carboxylic acids is 2. The van der Waals surface area contributed by atoms with Gasteiger partial charge in [-0.05, 0) is 49.4 Å². The molecule has 0 aliphatic rings. The molecule has 0 unspecified atom stereocenters. The molecule has 0 saturated heterocycles. The van der Waals surface area contributed by atoms with E-state index >= 15 is 0 Å². The molecule has 0 spiro atoms. The summed E-state index contributed by atoms with van der Waals surface area (Å²) in [6.07, 6.45) is 1.30. The number of rotatable bonds is 7. The van der Waals surface area contributed by atoms with Crippen LogP contribution in [-0.2, 0) is 4.74 Å². The first kappa shape index (κ1) is 19.8. The number of esters is 1. The van der Waals surface area contributed by atoms with Gasteiger partial charge < -0.3 is 20.1 Å². The summed E-state index contributed by atoms with van der Waals surface area (Å²) >= 11 is 0.